The summed E-state index contributed by atoms with van der Waals surface area (Å²) in [5.74, 6) is 0.731. The SMILES string of the molecule is Cc1ccc(NCC2CCN(C)CC2)c(C#N)c1. The zero-order valence-corrected chi connectivity index (χ0v) is 11.2. The molecule has 1 aliphatic rings. The first-order chi connectivity index (χ1) is 8.69. The van der Waals surface area contributed by atoms with Crippen LogP contribution in [0.2, 0.25) is 0 Å². The Morgan fingerprint density at radius 1 is 1.39 bits per heavy atom. The third kappa shape index (κ3) is 3.24. The van der Waals surface area contributed by atoms with Crippen LogP contribution in [-0.4, -0.2) is 31.6 Å². The van der Waals surface area contributed by atoms with Crippen LogP contribution in [-0.2, 0) is 0 Å². The Labute approximate surface area is 109 Å². The van der Waals surface area contributed by atoms with E-state index in [4.69, 9.17) is 5.26 Å². The van der Waals surface area contributed by atoms with Gasteiger partial charge in [0.2, 0.25) is 0 Å². The lowest BCUT2D eigenvalue weighted by Gasteiger charge is -2.29. The van der Waals surface area contributed by atoms with Crippen LogP contribution in [0.1, 0.15) is 24.0 Å². The van der Waals surface area contributed by atoms with E-state index in [1.165, 1.54) is 25.9 Å². The summed E-state index contributed by atoms with van der Waals surface area (Å²) in [6, 6.07) is 8.27. The minimum atomic E-state index is 0.731. The number of nitriles is 1. The van der Waals surface area contributed by atoms with Crippen molar-refractivity contribution in [3.05, 3.63) is 29.3 Å². The number of hydrogen-bond donors (Lipinski definition) is 1. The minimum absolute atomic E-state index is 0.731. The molecule has 0 amide bonds. The summed E-state index contributed by atoms with van der Waals surface area (Å²) >= 11 is 0. The van der Waals surface area contributed by atoms with Crippen molar-refractivity contribution in [2.75, 3.05) is 32.0 Å². The van der Waals surface area contributed by atoms with Gasteiger partial charge < -0.3 is 10.2 Å². The van der Waals surface area contributed by atoms with E-state index in [0.29, 0.717) is 0 Å². The van der Waals surface area contributed by atoms with Gasteiger partial charge in [-0.1, -0.05) is 6.07 Å². The summed E-state index contributed by atoms with van der Waals surface area (Å²) < 4.78 is 0. The number of aryl methyl sites for hydroxylation is 1. The van der Waals surface area contributed by atoms with Crippen LogP contribution >= 0.6 is 0 Å². The van der Waals surface area contributed by atoms with E-state index in [2.05, 4.69) is 29.4 Å². The fraction of sp³-hybridized carbons (Fsp3) is 0.533. The van der Waals surface area contributed by atoms with Gasteiger partial charge in [-0.2, -0.15) is 5.26 Å². The van der Waals surface area contributed by atoms with Gasteiger partial charge in [-0.05, 0) is 63.5 Å². The van der Waals surface area contributed by atoms with E-state index < -0.39 is 0 Å². The second kappa shape index (κ2) is 5.88. The predicted molar refractivity (Wildman–Crippen MR) is 74.6 cm³/mol. The average Bonchev–Trinajstić information content (AvgIpc) is 2.39. The molecule has 0 aliphatic carbocycles. The predicted octanol–water partition coefficient (Wildman–Crippen LogP) is 2.62. The molecule has 0 aromatic heterocycles. The highest BCUT2D eigenvalue weighted by molar-refractivity contribution is 5.58. The number of hydrogen-bond acceptors (Lipinski definition) is 3. The van der Waals surface area contributed by atoms with Crippen LogP contribution < -0.4 is 5.32 Å². The van der Waals surface area contributed by atoms with Crippen LogP contribution in [0.3, 0.4) is 0 Å². The molecular weight excluding hydrogens is 222 g/mol. The van der Waals surface area contributed by atoms with Crippen LogP contribution in [0.5, 0.6) is 0 Å². The molecule has 1 aromatic rings. The summed E-state index contributed by atoms with van der Waals surface area (Å²) in [4.78, 5) is 2.38. The van der Waals surface area contributed by atoms with Crippen molar-refractivity contribution in [2.24, 2.45) is 5.92 Å². The molecule has 96 valence electrons. The number of anilines is 1. The standard InChI is InChI=1S/C15H21N3/c1-12-3-4-15(14(9-12)10-16)17-11-13-5-7-18(2)8-6-13/h3-4,9,13,17H,5-8,11H2,1-2H3. The minimum Gasteiger partial charge on any atom is -0.384 e. The van der Waals surface area contributed by atoms with Gasteiger partial charge in [0.15, 0.2) is 0 Å². The summed E-state index contributed by atoms with van der Waals surface area (Å²) in [6.07, 6.45) is 2.49. The lowest BCUT2D eigenvalue weighted by molar-refractivity contribution is 0.226. The first-order valence-electron chi connectivity index (χ1n) is 6.62. The van der Waals surface area contributed by atoms with E-state index in [1.54, 1.807) is 0 Å². The Hall–Kier alpha value is -1.53. The molecule has 3 nitrogen and oxygen atoms in total. The highest BCUT2D eigenvalue weighted by atomic mass is 15.1. The maximum atomic E-state index is 9.12. The maximum absolute atomic E-state index is 9.12. The van der Waals surface area contributed by atoms with Crippen molar-refractivity contribution >= 4 is 5.69 Å². The van der Waals surface area contributed by atoms with Crippen LogP contribution in [0.15, 0.2) is 18.2 Å². The van der Waals surface area contributed by atoms with E-state index >= 15 is 0 Å². The van der Waals surface area contributed by atoms with Crippen molar-refractivity contribution < 1.29 is 0 Å². The third-order valence-corrected chi connectivity index (χ3v) is 3.71. The lowest BCUT2D eigenvalue weighted by atomic mass is 9.97. The number of rotatable bonds is 3. The zero-order chi connectivity index (χ0) is 13.0. The fourth-order valence-corrected chi connectivity index (χ4v) is 2.43. The monoisotopic (exact) mass is 243 g/mol. The van der Waals surface area contributed by atoms with Gasteiger partial charge in [-0.25, -0.2) is 0 Å². The smallest absolute Gasteiger partial charge is 0.101 e. The molecule has 1 saturated heterocycles. The normalized spacial score (nSPS) is 17.4. The molecule has 18 heavy (non-hydrogen) atoms. The molecule has 0 spiro atoms. The van der Waals surface area contributed by atoms with Gasteiger partial charge in [-0.15, -0.1) is 0 Å². The third-order valence-electron chi connectivity index (χ3n) is 3.71. The van der Waals surface area contributed by atoms with Gasteiger partial charge in [0.1, 0.15) is 6.07 Å². The average molecular weight is 243 g/mol. The van der Waals surface area contributed by atoms with Crippen molar-refractivity contribution in [1.29, 1.82) is 5.26 Å². The van der Waals surface area contributed by atoms with Crippen molar-refractivity contribution in [3.63, 3.8) is 0 Å². The second-order valence-corrected chi connectivity index (χ2v) is 5.29. The highest BCUT2D eigenvalue weighted by Crippen LogP contribution is 2.20. The Bertz CT molecular complexity index is 440. The van der Waals surface area contributed by atoms with E-state index in [9.17, 15) is 0 Å². The van der Waals surface area contributed by atoms with Crippen molar-refractivity contribution in [2.45, 2.75) is 19.8 Å². The van der Waals surface area contributed by atoms with Gasteiger partial charge >= 0.3 is 0 Å². The van der Waals surface area contributed by atoms with Crippen molar-refractivity contribution in [1.82, 2.24) is 4.90 Å². The first kappa shape index (κ1) is 12.9. The zero-order valence-electron chi connectivity index (χ0n) is 11.2. The van der Waals surface area contributed by atoms with Crippen molar-refractivity contribution in [3.8, 4) is 6.07 Å². The van der Waals surface area contributed by atoms with Gasteiger partial charge in [0, 0.05) is 6.54 Å². The van der Waals surface area contributed by atoms with Crippen LogP contribution in [0, 0.1) is 24.2 Å². The molecule has 0 saturated carbocycles. The van der Waals surface area contributed by atoms with Gasteiger partial charge in [0.05, 0.1) is 11.3 Å². The summed E-state index contributed by atoms with van der Waals surface area (Å²) in [7, 11) is 2.18. The number of benzene rings is 1. The molecule has 1 aliphatic heterocycles. The Morgan fingerprint density at radius 2 is 2.11 bits per heavy atom. The Balaban J connectivity index is 1.92. The fourth-order valence-electron chi connectivity index (χ4n) is 2.43. The molecular formula is C15H21N3. The molecule has 3 heteroatoms. The molecule has 1 aromatic carbocycles. The van der Waals surface area contributed by atoms with Gasteiger partial charge in [0.25, 0.3) is 0 Å². The molecule has 1 N–H and O–H groups in total. The number of nitrogens with one attached hydrogen (secondary N) is 1. The van der Waals surface area contributed by atoms with Crippen LogP contribution in [0.4, 0.5) is 5.69 Å². The molecule has 0 unspecified atom stereocenters. The van der Waals surface area contributed by atoms with E-state index in [-0.39, 0.29) is 0 Å². The Morgan fingerprint density at radius 3 is 2.78 bits per heavy atom. The summed E-state index contributed by atoms with van der Waals surface area (Å²) in [5.41, 5.74) is 2.86. The summed E-state index contributed by atoms with van der Waals surface area (Å²) in [6.45, 7) is 5.36. The number of likely N-dealkylation sites (tertiary alicyclic amines) is 1. The molecule has 0 bridgehead atoms. The molecule has 0 radical (unpaired) electrons. The van der Waals surface area contributed by atoms with E-state index in [1.807, 2.05) is 19.1 Å². The largest absolute Gasteiger partial charge is 0.384 e. The Kier molecular flexibility index (Phi) is 4.22. The molecule has 1 fully saturated rings. The quantitative estimate of drug-likeness (QED) is 0.887. The first-order valence-corrected chi connectivity index (χ1v) is 6.62. The molecule has 2 rings (SSSR count). The highest BCUT2D eigenvalue weighted by Gasteiger charge is 2.16. The number of nitrogens with zero attached hydrogens (tertiary/aromatic N) is 2. The van der Waals surface area contributed by atoms with Gasteiger partial charge in [-0.3, -0.25) is 0 Å². The van der Waals surface area contributed by atoms with Crippen LogP contribution in [0.25, 0.3) is 0 Å². The maximum Gasteiger partial charge on any atom is 0.101 e. The summed E-state index contributed by atoms with van der Waals surface area (Å²) in [5, 5.41) is 12.6. The second-order valence-electron chi connectivity index (χ2n) is 5.29. The molecule has 0 atom stereocenters. The molecule has 1 heterocycles. The van der Waals surface area contributed by atoms with E-state index in [0.717, 1.165) is 29.3 Å². The lowest BCUT2D eigenvalue weighted by Crippen LogP contribution is -2.33. The topological polar surface area (TPSA) is 39.1 Å². The number of piperidine rings is 1.